The van der Waals surface area contributed by atoms with Gasteiger partial charge < -0.3 is 4.74 Å². The van der Waals surface area contributed by atoms with Crippen molar-refractivity contribution in [2.75, 3.05) is 31.7 Å². The van der Waals surface area contributed by atoms with Crippen LogP contribution in [0.25, 0.3) is 0 Å². The van der Waals surface area contributed by atoms with E-state index in [4.69, 9.17) is 0 Å². The van der Waals surface area contributed by atoms with Crippen LogP contribution in [0.5, 0.6) is 0 Å². The van der Waals surface area contributed by atoms with Crippen molar-refractivity contribution in [2.24, 2.45) is 0 Å². The van der Waals surface area contributed by atoms with Crippen molar-refractivity contribution in [1.82, 2.24) is 9.29 Å². The Morgan fingerprint density at radius 2 is 2.11 bits per heavy atom. The quantitative estimate of drug-likeness (QED) is 0.764. The van der Waals surface area contributed by atoms with Gasteiger partial charge in [-0.2, -0.15) is 16.1 Å². The minimum atomic E-state index is -3.63. The topological polar surface area (TPSA) is 76.6 Å². The molecule has 6 nitrogen and oxygen atoms in total. The van der Waals surface area contributed by atoms with Crippen LogP contribution in [-0.4, -0.2) is 55.4 Å². The standard InChI is InChI=1S/C9H12N2O4S3/c1-15-8(12)7-9(17-6-10-7)18(13,14)11-2-4-16-5-3-11/h6H,2-5H2,1H3. The highest BCUT2D eigenvalue weighted by Crippen LogP contribution is 2.26. The van der Waals surface area contributed by atoms with E-state index < -0.39 is 16.0 Å². The first-order chi connectivity index (χ1) is 8.57. The Hall–Kier alpha value is -0.640. The van der Waals surface area contributed by atoms with Gasteiger partial charge in [-0.3, -0.25) is 0 Å². The fraction of sp³-hybridized carbons (Fsp3) is 0.556. The number of carbonyl (C=O) groups excluding carboxylic acids is 1. The first-order valence-corrected chi connectivity index (χ1v) is 8.64. The molecule has 9 heteroatoms. The van der Waals surface area contributed by atoms with Crippen LogP contribution >= 0.6 is 23.1 Å². The maximum absolute atomic E-state index is 12.4. The van der Waals surface area contributed by atoms with Crippen LogP contribution in [0.4, 0.5) is 0 Å². The summed E-state index contributed by atoms with van der Waals surface area (Å²) in [6, 6.07) is 0. The molecular formula is C9H12N2O4S3. The molecule has 0 radical (unpaired) electrons. The summed E-state index contributed by atoms with van der Waals surface area (Å²) in [6.07, 6.45) is 0. The van der Waals surface area contributed by atoms with Crippen molar-refractivity contribution in [3.63, 3.8) is 0 Å². The first kappa shape index (κ1) is 13.8. The van der Waals surface area contributed by atoms with Gasteiger partial charge in [0.15, 0.2) is 9.90 Å². The van der Waals surface area contributed by atoms with E-state index in [0.29, 0.717) is 13.1 Å². The van der Waals surface area contributed by atoms with Gasteiger partial charge in [0.2, 0.25) is 0 Å². The van der Waals surface area contributed by atoms with E-state index in [2.05, 4.69) is 9.72 Å². The highest BCUT2D eigenvalue weighted by molar-refractivity contribution is 7.99. The molecule has 0 aliphatic carbocycles. The molecule has 1 aromatic heterocycles. The summed E-state index contributed by atoms with van der Waals surface area (Å²) in [6.45, 7) is 0.928. The zero-order valence-electron chi connectivity index (χ0n) is 9.66. The normalized spacial score (nSPS) is 17.6. The van der Waals surface area contributed by atoms with Crippen LogP contribution in [0.3, 0.4) is 0 Å². The second-order valence-corrected chi connectivity index (χ2v) is 7.71. The van der Waals surface area contributed by atoms with E-state index in [1.54, 1.807) is 11.8 Å². The summed E-state index contributed by atoms with van der Waals surface area (Å²) in [5.74, 6) is 0.818. The molecule has 0 amide bonds. The number of ether oxygens (including phenoxy) is 1. The van der Waals surface area contributed by atoms with Crippen molar-refractivity contribution in [2.45, 2.75) is 4.21 Å². The summed E-state index contributed by atoms with van der Waals surface area (Å²) in [7, 11) is -2.43. The molecule has 0 aromatic carbocycles. The second-order valence-electron chi connectivity index (χ2n) is 3.50. The minimum absolute atomic E-state index is 0.0266. The second kappa shape index (κ2) is 5.55. The van der Waals surface area contributed by atoms with Gasteiger partial charge in [-0.1, -0.05) is 0 Å². The van der Waals surface area contributed by atoms with E-state index in [0.717, 1.165) is 22.8 Å². The molecule has 1 aromatic rings. The van der Waals surface area contributed by atoms with E-state index in [1.807, 2.05) is 0 Å². The largest absolute Gasteiger partial charge is 0.464 e. The van der Waals surface area contributed by atoms with Crippen molar-refractivity contribution in [3.05, 3.63) is 11.2 Å². The average Bonchev–Trinajstić information content (AvgIpc) is 2.89. The number of esters is 1. The maximum atomic E-state index is 12.4. The highest BCUT2D eigenvalue weighted by atomic mass is 32.2. The summed E-state index contributed by atoms with van der Waals surface area (Å²) in [5.41, 5.74) is 1.22. The third kappa shape index (κ3) is 2.53. The Labute approximate surface area is 113 Å². The van der Waals surface area contributed by atoms with Gasteiger partial charge in [0.05, 0.1) is 12.6 Å². The zero-order chi connectivity index (χ0) is 13.2. The lowest BCUT2D eigenvalue weighted by molar-refractivity contribution is 0.0590. The third-order valence-electron chi connectivity index (χ3n) is 2.46. The Kier molecular flexibility index (Phi) is 4.25. The molecule has 1 aliphatic heterocycles. The van der Waals surface area contributed by atoms with Crippen LogP contribution in [0.2, 0.25) is 0 Å². The molecule has 0 atom stereocenters. The Morgan fingerprint density at radius 1 is 1.44 bits per heavy atom. The fourth-order valence-corrected chi connectivity index (χ4v) is 5.40. The molecule has 18 heavy (non-hydrogen) atoms. The Balaban J connectivity index is 2.35. The lowest BCUT2D eigenvalue weighted by Gasteiger charge is -2.24. The number of hydrogen-bond acceptors (Lipinski definition) is 7. The van der Waals surface area contributed by atoms with Crippen LogP contribution in [0.1, 0.15) is 10.5 Å². The monoisotopic (exact) mass is 308 g/mol. The lowest BCUT2D eigenvalue weighted by atomic mass is 10.5. The Bertz CT molecular complexity index is 534. The molecule has 0 N–H and O–H groups in total. The van der Waals surface area contributed by atoms with Gasteiger partial charge in [0.25, 0.3) is 10.0 Å². The maximum Gasteiger partial charge on any atom is 0.358 e. The number of thiazole rings is 1. The van der Waals surface area contributed by atoms with Gasteiger partial charge in [0.1, 0.15) is 0 Å². The van der Waals surface area contributed by atoms with E-state index >= 15 is 0 Å². The van der Waals surface area contributed by atoms with Crippen LogP contribution < -0.4 is 0 Å². The van der Waals surface area contributed by atoms with Crippen LogP contribution in [-0.2, 0) is 14.8 Å². The summed E-state index contributed by atoms with van der Waals surface area (Å²) < 4.78 is 30.6. The predicted octanol–water partition coefficient (Wildman–Crippen LogP) is 0.667. The average molecular weight is 308 g/mol. The summed E-state index contributed by atoms with van der Waals surface area (Å²) >= 11 is 2.66. The van der Waals surface area contributed by atoms with Crippen molar-refractivity contribution < 1.29 is 17.9 Å². The van der Waals surface area contributed by atoms with E-state index in [-0.39, 0.29) is 9.90 Å². The smallest absolute Gasteiger partial charge is 0.358 e. The van der Waals surface area contributed by atoms with Gasteiger partial charge in [-0.15, -0.1) is 11.3 Å². The molecule has 2 heterocycles. The number of thioether (sulfide) groups is 1. The molecule has 1 fully saturated rings. The number of carbonyl (C=O) groups is 1. The van der Waals surface area contributed by atoms with Gasteiger partial charge in [-0.25, -0.2) is 18.2 Å². The number of aromatic nitrogens is 1. The van der Waals surface area contributed by atoms with E-state index in [9.17, 15) is 13.2 Å². The third-order valence-corrected chi connectivity index (χ3v) is 6.65. The summed E-state index contributed by atoms with van der Waals surface area (Å²) in [5, 5.41) is 0. The van der Waals surface area contributed by atoms with Crippen molar-refractivity contribution >= 4 is 39.1 Å². The first-order valence-electron chi connectivity index (χ1n) is 5.17. The molecule has 1 saturated heterocycles. The molecule has 0 unspecified atom stereocenters. The van der Waals surface area contributed by atoms with Gasteiger partial charge >= 0.3 is 5.97 Å². The number of methoxy groups -OCH3 is 1. The van der Waals surface area contributed by atoms with E-state index in [1.165, 1.54) is 16.9 Å². The molecular weight excluding hydrogens is 296 g/mol. The number of sulfonamides is 1. The number of nitrogens with zero attached hydrogens (tertiary/aromatic N) is 2. The van der Waals surface area contributed by atoms with Gasteiger partial charge in [0, 0.05) is 24.6 Å². The molecule has 0 spiro atoms. The highest BCUT2D eigenvalue weighted by Gasteiger charge is 2.32. The minimum Gasteiger partial charge on any atom is -0.464 e. The Morgan fingerprint density at radius 3 is 2.72 bits per heavy atom. The zero-order valence-corrected chi connectivity index (χ0v) is 12.1. The molecule has 2 rings (SSSR count). The van der Waals surface area contributed by atoms with Crippen LogP contribution in [0.15, 0.2) is 9.72 Å². The SMILES string of the molecule is COC(=O)c1ncsc1S(=O)(=O)N1CCSCC1. The molecule has 100 valence electrons. The van der Waals surface area contributed by atoms with Crippen molar-refractivity contribution in [3.8, 4) is 0 Å². The van der Waals surface area contributed by atoms with Crippen LogP contribution in [0, 0.1) is 0 Å². The molecule has 0 bridgehead atoms. The lowest BCUT2D eigenvalue weighted by Crippen LogP contribution is -2.38. The summed E-state index contributed by atoms with van der Waals surface area (Å²) in [4.78, 5) is 15.2. The molecule has 0 saturated carbocycles. The predicted molar refractivity (Wildman–Crippen MR) is 69.5 cm³/mol. The fourth-order valence-electron chi connectivity index (χ4n) is 1.56. The van der Waals surface area contributed by atoms with Crippen molar-refractivity contribution in [1.29, 1.82) is 0 Å². The number of hydrogen-bond donors (Lipinski definition) is 0. The molecule has 1 aliphatic rings. The van der Waals surface area contributed by atoms with Gasteiger partial charge in [-0.05, 0) is 0 Å². The number of rotatable bonds is 3.